The molecular weight excluding hydrogens is 664 g/mol. The summed E-state index contributed by atoms with van der Waals surface area (Å²) in [5.41, 5.74) is 9.74. The van der Waals surface area contributed by atoms with Gasteiger partial charge in [0, 0.05) is 47.0 Å². The predicted octanol–water partition coefficient (Wildman–Crippen LogP) is 6.96. The third-order valence-corrected chi connectivity index (χ3v) is 8.45. The molecule has 1 atom stereocenters. The van der Waals surface area contributed by atoms with Gasteiger partial charge in [-0.1, -0.05) is 43.1 Å². The molecule has 1 heterocycles. The average Bonchev–Trinajstić information content (AvgIpc) is 2.87. The molecule has 212 valence electrons. The highest BCUT2D eigenvalue weighted by molar-refractivity contribution is 14.1. The molecule has 0 radical (unpaired) electrons. The lowest BCUT2D eigenvalue weighted by molar-refractivity contribution is -0.118. The number of halogens is 3. The van der Waals surface area contributed by atoms with E-state index < -0.39 is 5.92 Å². The number of ketones is 1. The first-order chi connectivity index (χ1) is 19.0. The van der Waals surface area contributed by atoms with Crippen LogP contribution in [0.3, 0.4) is 0 Å². The molecule has 10 heteroatoms. The van der Waals surface area contributed by atoms with Gasteiger partial charge in [-0.15, -0.1) is 0 Å². The SMILES string of the molecule is CCOc1cc([C@@H]2C(C#N)=C(N)N(CCOC)C3=C2C(=O)CC(C)(C)C3)cc(I)c1OCc1ccc(Cl)cc1Cl. The summed E-state index contributed by atoms with van der Waals surface area (Å²) in [6.07, 6.45) is 1.05. The Kier molecular flexibility index (Phi) is 9.61. The van der Waals surface area contributed by atoms with Gasteiger partial charge < -0.3 is 24.8 Å². The van der Waals surface area contributed by atoms with Gasteiger partial charge in [0.15, 0.2) is 17.3 Å². The van der Waals surface area contributed by atoms with Crippen LogP contribution >= 0.6 is 45.8 Å². The maximum absolute atomic E-state index is 13.7. The summed E-state index contributed by atoms with van der Waals surface area (Å²) >= 11 is 14.6. The number of hydrogen-bond donors (Lipinski definition) is 1. The van der Waals surface area contributed by atoms with Crippen molar-refractivity contribution < 1.29 is 19.0 Å². The number of nitrogens with two attached hydrogens (primary N) is 1. The molecule has 0 spiro atoms. The van der Waals surface area contributed by atoms with E-state index in [0.717, 1.165) is 20.4 Å². The van der Waals surface area contributed by atoms with E-state index >= 15 is 0 Å². The monoisotopic (exact) mass is 695 g/mol. The van der Waals surface area contributed by atoms with Crippen LogP contribution < -0.4 is 15.2 Å². The smallest absolute Gasteiger partial charge is 0.174 e. The molecule has 7 nitrogen and oxygen atoms in total. The summed E-state index contributed by atoms with van der Waals surface area (Å²) in [4.78, 5) is 15.6. The number of benzene rings is 2. The molecule has 2 N–H and O–H groups in total. The van der Waals surface area contributed by atoms with Crippen LogP contribution in [0.5, 0.6) is 11.5 Å². The third kappa shape index (κ3) is 6.23. The number of Topliss-reactive ketones (excluding diaryl/α,β-unsaturated/α-hetero) is 1. The van der Waals surface area contributed by atoms with E-state index in [2.05, 4.69) is 42.5 Å². The molecule has 1 aliphatic carbocycles. The number of hydrogen-bond acceptors (Lipinski definition) is 7. The molecule has 4 rings (SSSR count). The Bertz CT molecular complexity index is 1430. The molecule has 0 bridgehead atoms. The second-order valence-corrected chi connectivity index (χ2v) is 12.6. The van der Waals surface area contributed by atoms with Crippen LogP contribution in [-0.4, -0.2) is 37.6 Å². The maximum atomic E-state index is 13.7. The van der Waals surface area contributed by atoms with E-state index in [9.17, 15) is 10.1 Å². The first kappa shape index (κ1) is 30.5. The minimum Gasteiger partial charge on any atom is -0.490 e. The van der Waals surface area contributed by atoms with Gasteiger partial charge in [-0.2, -0.15) is 5.26 Å². The molecular formula is C30H32Cl2IN3O4. The van der Waals surface area contributed by atoms with Crippen LogP contribution in [0.15, 0.2) is 53.0 Å². The second kappa shape index (κ2) is 12.6. The minimum absolute atomic E-state index is 0.0181. The van der Waals surface area contributed by atoms with Crippen LogP contribution in [-0.2, 0) is 16.1 Å². The summed E-state index contributed by atoms with van der Waals surface area (Å²) < 4.78 is 18.3. The number of nitriles is 1. The standard InChI is InChI=1S/C30H32Cl2IN3O4/c1-5-39-25-11-18(10-22(33)28(25)40-16-17-6-7-19(31)12-21(17)32)26-20(15-34)29(35)36(8-9-38-4)23-13-30(2,3)14-24(37)27(23)26/h6-7,10-12,26H,5,8-9,13-14,16,35H2,1-4H3/t26-/m1/s1. The molecule has 0 unspecified atom stereocenters. The van der Waals surface area contributed by atoms with Crippen molar-refractivity contribution in [3.05, 3.63) is 77.7 Å². The summed E-state index contributed by atoms with van der Waals surface area (Å²) in [6, 6.07) is 11.3. The van der Waals surface area contributed by atoms with Crippen LogP contribution in [0.25, 0.3) is 0 Å². The fourth-order valence-corrected chi connectivity index (χ4v) is 6.54. The van der Waals surface area contributed by atoms with Gasteiger partial charge in [-0.3, -0.25) is 4.79 Å². The zero-order valence-corrected chi connectivity index (χ0v) is 26.6. The third-order valence-electron chi connectivity index (χ3n) is 7.06. The van der Waals surface area contributed by atoms with E-state index in [0.29, 0.717) is 71.1 Å². The van der Waals surface area contributed by atoms with E-state index in [1.54, 1.807) is 19.2 Å². The molecule has 2 aromatic carbocycles. The van der Waals surface area contributed by atoms with Crippen LogP contribution in [0.2, 0.25) is 10.0 Å². The molecule has 0 aromatic heterocycles. The van der Waals surface area contributed by atoms with Gasteiger partial charge in [0.1, 0.15) is 12.4 Å². The molecule has 2 aromatic rings. The Morgan fingerprint density at radius 2 is 1.95 bits per heavy atom. The molecule has 0 fully saturated rings. The molecule has 0 saturated carbocycles. The molecule has 0 saturated heterocycles. The second-order valence-electron chi connectivity index (χ2n) is 10.6. The highest BCUT2D eigenvalue weighted by atomic mass is 127. The maximum Gasteiger partial charge on any atom is 0.174 e. The zero-order valence-electron chi connectivity index (χ0n) is 22.9. The Morgan fingerprint density at radius 1 is 1.20 bits per heavy atom. The lowest BCUT2D eigenvalue weighted by Gasteiger charge is -2.43. The van der Waals surface area contributed by atoms with Crippen molar-refractivity contribution in [1.29, 1.82) is 5.26 Å². The van der Waals surface area contributed by atoms with E-state index in [1.165, 1.54) is 0 Å². The normalized spacial score (nSPS) is 18.5. The lowest BCUT2D eigenvalue weighted by Crippen LogP contribution is -2.43. The summed E-state index contributed by atoms with van der Waals surface area (Å²) in [7, 11) is 1.62. The summed E-state index contributed by atoms with van der Waals surface area (Å²) in [6.45, 7) is 7.51. The highest BCUT2D eigenvalue weighted by Crippen LogP contribution is 2.50. The fraction of sp³-hybridized carbons (Fsp3) is 0.400. The number of rotatable bonds is 9. The number of methoxy groups -OCH3 is 1. The first-order valence-electron chi connectivity index (χ1n) is 13.0. The fourth-order valence-electron chi connectivity index (χ4n) is 5.29. The van der Waals surface area contributed by atoms with Gasteiger partial charge in [0.25, 0.3) is 0 Å². The predicted molar refractivity (Wildman–Crippen MR) is 164 cm³/mol. The van der Waals surface area contributed by atoms with Gasteiger partial charge in [-0.25, -0.2) is 0 Å². The molecule has 2 aliphatic rings. The van der Waals surface area contributed by atoms with Gasteiger partial charge in [0.2, 0.25) is 0 Å². The number of carbonyl (C=O) groups excluding carboxylic acids is 1. The van der Waals surface area contributed by atoms with Crippen molar-refractivity contribution in [2.24, 2.45) is 11.1 Å². The number of allylic oxidation sites excluding steroid dienone is 3. The molecule has 0 amide bonds. The molecule has 40 heavy (non-hydrogen) atoms. The minimum atomic E-state index is -0.616. The average molecular weight is 696 g/mol. The van der Waals surface area contributed by atoms with Gasteiger partial charge >= 0.3 is 0 Å². The van der Waals surface area contributed by atoms with Gasteiger partial charge in [-0.05, 0) is 71.2 Å². The number of carbonyl (C=O) groups is 1. The number of ether oxygens (including phenoxy) is 3. The molecule has 1 aliphatic heterocycles. The van der Waals surface area contributed by atoms with Crippen molar-refractivity contribution in [1.82, 2.24) is 4.90 Å². The Morgan fingerprint density at radius 3 is 2.60 bits per heavy atom. The first-order valence-corrected chi connectivity index (χ1v) is 14.8. The topological polar surface area (TPSA) is 97.8 Å². The van der Waals surface area contributed by atoms with E-state index in [-0.39, 0.29) is 17.8 Å². The summed E-state index contributed by atoms with van der Waals surface area (Å²) in [5, 5.41) is 11.4. The Balaban J connectivity index is 1.81. The highest BCUT2D eigenvalue weighted by Gasteiger charge is 2.44. The van der Waals surface area contributed by atoms with Crippen molar-refractivity contribution in [2.45, 2.75) is 46.1 Å². The van der Waals surface area contributed by atoms with Crippen molar-refractivity contribution >= 4 is 51.6 Å². The van der Waals surface area contributed by atoms with Crippen molar-refractivity contribution in [3.63, 3.8) is 0 Å². The zero-order chi connectivity index (χ0) is 29.2. The van der Waals surface area contributed by atoms with Crippen LogP contribution in [0.4, 0.5) is 0 Å². The van der Waals surface area contributed by atoms with Crippen LogP contribution in [0, 0.1) is 20.3 Å². The van der Waals surface area contributed by atoms with E-state index in [4.69, 9.17) is 43.1 Å². The van der Waals surface area contributed by atoms with Crippen LogP contribution in [0.1, 0.15) is 50.7 Å². The van der Waals surface area contributed by atoms with E-state index in [1.807, 2.05) is 30.0 Å². The lowest BCUT2D eigenvalue weighted by atomic mass is 9.68. The number of nitrogens with zero attached hydrogens (tertiary/aromatic N) is 2. The Hall–Kier alpha value is -2.45. The quantitative estimate of drug-likeness (QED) is 0.283. The summed E-state index contributed by atoms with van der Waals surface area (Å²) in [5.74, 6) is 0.812. The van der Waals surface area contributed by atoms with Crippen molar-refractivity contribution in [2.75, 3.05) is 26.9 Å². The van der Waals surface area contributed by atoms with Gasteiger partial charge in [0.05, 0.1) is 34.3 Å². The van der Waals surface area contributed by atoms with Crippen molar-refractivity contribution in [3.8, 4) is 17.6 Å². The Labute approximate surface area is 259 Å². The largest absolute Gasteiger partial charge is 0.490 e.